The molecule has 122 valence electrons. The third kappa shape index (κ3) is 2.50. The third-order valence-corrected chi connectivity index (χ3v) is 5.28. The average Bonchev–Trinajstić information content (AvgIpc) is 3.16. The van der Waals surface area contributed by atoms with Gasteiger partial charge in [0.2, 0.25) is 0 Å². The van der Waals surface area contributed by atoms with Gasteiger partial charge in [0, 0.05) is 23.5 Å². The molecule has 0 saturated carbocycles. The van der Waals surface area contributed by atoms with Gasteiger partial charge in [-0.3, -0.25) is 9.59 Å². The third-order valence-electron chi connectivity index (χ3n) is 4.40. The van der Waals surface area contributed by atoms with Crippen molar-refractivity contribution in [1.82, 2.24) is 20.1 Å². The molecule has 3 heterocycles. The van der Waals surface area contributed by atoms with Crippen LogP contribution < -0.4 is 5.56 Å². The summed E-state index contributed by atoms with van der Waals surface area (Å²) in [6, 6.07) is 7.06. The van der Waals surface area contributed by atoms with Crippen molar-refractivity contribution >= 4 is 28.0 Å². The van der Waals surface area contributed by atoms with Crippen LogP contribution in [0.2, 0.25) is 0 Å². The zero-order valence-electron chi connectivity index (χ0n) is 12.9. The Morgan fingerprint density at radius 3 is 2.88 bits per heavy atom. The summed E-state index contributed by atoms with van der Waals surface area (Å²) in [5, 5.41) is 10.5. The van der Waals surface area contributed by atoms with Crippen molar-refractivity contribution in [2.24, 2.45) is 0 Å². The monoisotopic (exact) mass is 340 g/mol. The van der Waals surface area contributed by atoms with Gasteiger partial charge in [0.05, 0.1) is 11.4 Å². The Hall–Kier alpha value is -2.54. The lowest BCUT2D eigenvalue weighted by atomic mass is 10.0. The maximum atomic E-state index is 13.1. The Bertz CT molecular complexity index is 935. The zero-order chi connectivity index (χ0) is 16.5. The predicted molar refractivity (Wildman–Crippen MR) is 92.1 cm³/mol. The summed E-state index contributed by atoms with van der Waals surface area (Å²) in [5.74, 6) is -0.151. The van der Waals surface area contributed by atoms with Crippen LogP contribution in [0.1, 0.15) is 40.8 Å². The largest absolute Gasteiger partial charge is 0.328 e. The lowest BCUT2D eigenvalue weighted by molar-refractivity contribution is 0.0606. The smallest absolute Gasteiger partial charge is 0.275 e. The molecule has 24 heavy (non-hydrogen) atoms. The maximum absolute atomic E-state index is 13.1. The minimum absolute atomic E-state index is 0.0151. The van der Waals surface area contributed by atoms with Crippen molar-refractivity contribution in [2.45, 2.75) is 25.3 Å². The molecule has 0 spiro atoms. The van der Waals surface area contributed by atoms with E-state index < -0.39 is 0 Å². The fraction of sp³-hybridized carbons (Fsp3) is 0.294. The molecule has 1 aromatic carbocycles. The maximum Gasteiger partial charge on any atom is 0.275 e. The number of H-pyrrole nitrogens is 1. The number of amides is 1. The second-order valence-corrected chi connectivity index (χ2v) is 6.75. The van der Waals surface area contributed by atoms with E-state index in [9.17, 15) is 9.59 Å². The summed E-state index contributed by atoms with van der Waals surface area (Å²) in [6.07, 6.45) is 4.72. The van der Waals surface area contributed by atoms with Gasteiger partial charge in [0.25, 0.3) is 11.5 Å². The number of aromatic nitrogens is 3. The summed E-state index contributed by atoms with van der Waals surface area (Å²) in [5.41, 5.74) is 0.0194. The van der Waals surface area contributed by atoms with Crippen molar-refractivity contribution in [2.75, 3.05) is 6.54 Å². The van der Waals surface area contributed by atoms with E-state index in [-0.39, 0.29) is 17.5 Å². The number of rotatable bonds is 2. The molecular weight excluding hydrogens is 324 g/mol. The van der Waals surface area contributed by atoms with Crippen molar-refractivity contribution < 1.29 is 4.79 Å². The summed E-state index contributed by atoms with van der Waals surface area (Å²) in [6.45, 7) is 0.679. The second kappa shape index (κ2) is 6.16. The van der Waals surface area contributed by atoms with Crippen LogP contribution >= 0.6 is 11.3 Å². The number of nitrogens with one attached hydrogen (secondary N) is 1. The number of piperidine rings is 1. The van der Waals surface area contributed by atoms with E-state index in [1.165, 1.54) is 0 Å². The minimum Gasteiger partial charge on any atom is -0.328 e. The van der Waals surface area contributed by atoms with E-state index in [4.69, 9.17) is 0 Å². The Balaban J connectivity index is 1.78. The summed E-state index contributed by atoms with van der Waals surface area (Å²) < 4.78 is 0. The number of carbonyl (C=O) groups is 1. The van der Waals surface area contributed by atoms with Gasteiger partial charge in [-0.25, -0.2) is 10.1 Å². The first-order valence-electron chi connectivity index (χ1n) is 7.93. The molecule has 1 unspecified atom stereocenters. The minimum atomic E-state index is -0.280. The van der Waals surface area contributed by atoms with Gasteiger partial charge < -0.3 is 4.90 Å². The van der Waals surface area contributed by atoms with Crippen molar-refractivity contribution in [3.05, 3.63) is 56.9 Å². The van der Waals surface area contributed by atoms with Crippen LogP contribution in [0.4, 0.5) is 0 Å². The SMILES string of the molecule is O=C(c1n[nH]c(=O)c2ccccc12)N1CCCCC1c1nccs1. The average molecular weight is 340 g/mol. The second-order valence-electron chi connectivity index (χ2n) is 5.83. The first-order valence-corrected chi connectivity index (χ1v) is 8.81. The van der Waals surface area contributed by atoms with E-state index in [0.717, 1.165) is 24.3 Å². The van der Waals surface area contributed by atoms with Gasteiger partial charge in [0.1, 0.15) is 5.01 Å². The molecule has 1 N–H and O–H groups in total. The van der Waals surface area contributed by atoms with E-state index in [2.05, 4.69) is 15.2 Å². The normalized spacial score (nSPS) is 18.0. The molecule has 1 aliphatic heterocycles. The molecule has 0 aliphatic carbocycles. The quantitative estimate of drug-likeness (QED) is 0.778. The first-order chi connectivity index (χ1) is 11.8. The number of thiazole rings is 1. The first kappa shape index (κ1) is 15.0. The van der Waals surface area contributed by atoms with Gasteiger partial charge >= 0.3 is 0 Å². The van der Waals surface area contributed by atoms with Crippen LogP contribution in [-0.4, -0.2) is 32.5 Å². The molecular formula is C17H16N4O2S. The molecule has 3 aromatic rings. The molecule has 1 fully saturated rings. The highest BCUT2D eigenvalue weighted by Crippen LogP contribution is 2.33. The van der Waals surface area contributed by atoms with Crippen LogP contribution in [0.5, 0.6) is 0 Å². The molecule has 7 heteroatoms. The number of nitrogens with zero attached hydrogens (tertiary/aromatic N) is 3. The number of fused-ring (bicyclic) bond motifs is 1. The van der Waals surface area contributed by atoms with Gasteiger partial charge in [0.15, 0.2) is 5.69 Å². The number of likely N-dealkylation sites (tertiary alicyclic amines) is 1. The molecule has 0 radical (unpaired) electrons. The fourth-order valence-corrected chi connectivity index (χ4v) is 4.03. The van der Waals surface area contributed by atoms with Crippen LogP contribution in [0.25, 0.3) is 10.8 Å². The molecule has 1 atom stereocenters. The van der Waals surface area contributed by atoms with Crippen LogP contribution in [0.15, 0.2) is 40.6 Å². The van der Waals surface area contributed by atoms with E-state index in [1.54, 1.807) is 35.7 Å². The number of hydrogen-bond donors (Lipinski definition) is 1. The number of hydrogen-bond acceptors (Lipinski definition) is 5. The summed E-state index contributed by atoms with van der Waals surface area (Å²) in [7, 11) is 0. The molecule has 6 nitrogen and oxygen atoms in total. The predicted octanol–water partition coefficient (Wildman–Crippen LogP) is 2.75. The fourth-order valence-electron chi connectivity index (χ4n) is 3.24. The number of carbonyl (C=O) groups excluding carboxylic acids is 1. The van der Waals surface area contributed by atoms with Gasteiger partial charge in [-0.05, 0) is 25.3 Å². The van der Waals surface area contributed by atoms with E-state index in [1.807, 2.05) is 16.3 Å². The van der Waals surface area contributed by atoms with Gasteiger partial charge in [-0.1, -0.05) is 18.2 Å². The van der Waals surface area contributed by atoms with Gasteiger partial charge in [-0.15, -0.1) is 11.3 Å². The molecule has 2 aromatic heterocycles. The molecule has 1 amide bonds. The Kier molecular flexibility index (Phi) is 3.86. The molecule has 1 saturated heterocycles. The number of benzene rings is 1. The van der Waals surface area contributed by atoms with Crippen LogP contribution in [0.3, 0.4) is 0 Å². The van der Waals surface area contributed by atoms with Crippen molar-refractivity contribution in [1.29, 1.82) is 0 Å². The highest BCUT2D eigenvalue weighted by molar-refractivity contribution is 7.09. The van der Waals surface area contributed by atoms with Crippen LogP contribution in [0, 0.1) is 0 Å². The Morgan fingerprint density at radius 1 is 1.25 bits per heavy atom. The summed E-state index contributed by atoms with van der Waals surface area (Å²) in [4.78, 5) is 31.3. The Labute approximate surface area is 142 Å². The Morgan fingerprint density at radius 2 is 2.08 bits per heavy atom. The topological polar surface area (TPSA) is 79.0 Å². The standard InChI is InChI=1S/C17H16N4O2S/c22-15-12-6-2-1-5-11(12)14(19-20-15)17(23)21-9-4-3-7-13(21)16-18-8-10-24-16/h1-2,5-6,8,10,13H,3-4,7,9H2,(H,20,22). The lowest BCUT2D eigenvalue weighted by Gasteiger charge is -2.34. The molecule has 4 rings (SSSR count). The van der Waals surface area contributed by atoms with Gasteiger partial charge in [-0.2, -0.15) is 5.10 Å². The number of aromatic amines is 1. The van der Waals surface area contributed by atoms with Crippen LogP contribution in [-0.2, 0) is 0 Å². The zero-order valence-corrected chi connectivity index (χ0v) is 13.8. The van der Waals surface area contributed by atoms with E-state index in [0.29, 0.717) is 23.0 Å². The summed E-state index contributed by atoms with van der Waals surface area (Å²) >= 11 is 1.57. The van der Waals surface area contributed by atoms with Crippen molar-refractivity contribution in [3.63, 3.8) is 0 Å². The lowest BCUT2D eigenvalue weighted by Crippen LogP contribution is -2.39. The van der Waals surface area contributed by atoms with Crippen molar-refractivity contribution in [3.8, 4) is 0 Å². The highest BCUT2D eigenvalue weighted by atomic mass is 32.1. The molecule has 0 bridgehead atoms. The van der Waals surface area contributed by atoms with E-state index >= 15 is 0 Å². The highest BCUT2D eigenvalue weighted by Gasteiger charge is 2.31. The molecule has 1 aliphatic rings.